The summed E-state index contributed by atoms with van der Waals surface area (Å²) in [4.78, 5) is 12.4. The van der Waals surface area contributed by atoms with Gasteiger partial charge in [-0.2, -0.15) is 5.26 Å². The standard InChI is InChI=1S/C21H22N2O2/c22-13-11-16-6-1-2-8-18(16)14-20(24)23-15-21(25)12-5-9-17-7-3-4-10-19(17)21/h1-4,6-8,10,25H,5,9,11-12,14-15H2,(H,23,24). The predicted octanol–water partition coefficient (Wildman–Crippen LogP) is 2.64. The highest BCUT2D eigenvalue weighted by molar-refractivity contribution is 5.79. The Kier molecular flexibility index (Phi) is 5.16. The first-order valence-corrected chi connectivity index (χ1v) is 8.63. The number of carbonyl (C=O) groups excluding carboxylic acids is 1. The fourth-order valence-electron chi connectivity index (χ4n) is 3.55. The van der Waals surface area contributed by atoms with Crippen LogP contribution in [-0.2, 0) is 29.7 Å². The molecule has 128 valence electrons. The Morgan fingerprint density at radius 3 is 2.68 bits per heavy atom. The largest absolute Gasteiger partial charge is 0.383 e. The number of hydrogen-bond donors (Lipinski definition) is 2. The van der Waals surface area contributed by atoms with Crippen LogP contribution in [0.15, 0.2) is 48.5 Å². The molecule has 4 nitrogen and oxygen atoms in total. The second-order valence-corrected chi connectivity index (χ2v) is 6.60. The van der Waals surface area contributed by atoms with E-state index in [0.717, 1.165) is 35.1 Å². The molecule has 1 atom stereocenters. The smallest absolute Gasteiger partial charge is 0.224 e. The minimum atomic E-state index is -1.00. The lowest BCUT2D eigenvalue weighted by Gasteiger charge is -2.34. The van der Waals surface area contributed by atoms with Crippen LogP contribution in [0.4, 0.5) is 0 Å². The molecule has 0 spiro atoms. The van der Waals surface area contributed by atoms with Gasteiger partial charge in [0.15, 0.2) is 0 Å². The SMILES string of the molecule is N#CCc1ccccc1CC(=O)NCC1(O)CCCc2ccccc21. The van der Waals surface area contributed by atoms with E-state index in [1.807, 2.05) is 48.5 Å². The predicted molar refractivity (Wildman–Crippen MR) is 95.7 cm³/mol. The van der Waals surface area contributed by atoms with Crippen molar-refractivity contribution in [3.63, 3.8) is 0 Å². The van der Waals surface area contributed by atoms with Crippen molar-refractivity contribution < 1.29 is 9.90 Å². The molecule has 1 unspecified atom stereocenters. The number of benzene rings is 2. The number of nitrogens with zero attached hydrogens (tertiary/aromatic N) is 1. The van der Waals surface area contributed by atoms with Gasteiger partial charge in [-0.25, -0.2) is 0 Å². The molecule has 1 aliphatic rings. The van der Waals surface area contributed by atoms with Crippen molar-refractivity contribution >= 4 is 5.91 Å². The highest BCUT2D eigenvalue weighted by Gasteiger charge is 2.34. The van der Waals surface area contributed by atoms with E-state index >= 15 is 0 Å². The molecule has 1 aliphatic carbocycles. The van der Waals surface area contributed by atoms with E-state index in [1.54, 1.807) is 0 Å². The molecule has 2 aromatic rings. The number of aliphatic hydroxyl groups is 1. The lowest BCUT2D eigenvalue weighted by Crippen LogP contribution is -2.43. The maximum Gasteiger partial charge on any atom is 0.224 e. The van der Waals surface area contributed by atoms with Crippen LogP contribution in [-0.4, -0.2) is 17.6 Å². The van der Waals surface area contributed by atoms with Crippen molar-refractivity contribution in [3.8, 4) is 6.07 Å². The molecule has 0 aromatic heterocycles. The molecule has 0 aliphatic heterocycles. The monoisotopic (exact) mass is 334 g/mol. The van der Waals surface area contributed by atoms with Crippen molar-refractivity contribution in [1.82, 2.24) is 5.32 Å². The third kappa shape index (κ3) is 3.89. The van der Waals surface area contributed by atoms with Crippen LogP contribution in [0.1, 0.15) is 35.1 Å². The molecular weight excluding hydrogens is 312 g/mol. The number of carbonyl (C=O) groups is 1. The fourth-order valence-corrected chi connectivity index (χ4v) is 3.55. The van der Waals surface area contributed by atoms with Gasteiger partial charge in [0.1, 0.15) is 5.60 Å². The first kappa shape index (κ1) is 17.2. The van der Waals surface area contributed by atoms with Crippen LogP contribution in [0.2, 0.25) is 0 Å². The summed E-state index contributed by atoms with van der Waals surface area (Å²) < 4.78 is 0. The summed E-state index contributed by atoms with van der Waals surface area (Å²) in [6, 6.07) is 17.5. The van der Waals surface area contributed by atoms with Crippen LogP contribution >= 0.6 is 0 Å². The van der Waals surface area contributed by atoms with Crippen LogP contribution in [0, 0.1) is 11.3 Å². The Morgan fingerprint density at radius 1 is 1.16 bits per heavy atom. The van der Waals surface area contributed by atoms with Crippen LogP contribution < -0.4 is 5.32 Å². The molecule has 0 saturated carbocycles. The van der Waals surface area contributed by atoms with E-state index in [-0.39, 0.29) is 18.9 Å². The summed E-state index contributed by atoms with van der Waals surface area (Å²) in [5, 5.41) is 22.8. The summed E-state index contributed by atoms with van der Waals surface area (Å²) in [6.45, 7) is 0.212. The summed E-state index contributed by atoms with van der Waals surface area (Å²) >= 11 is 0. The van der Waals surface area contributed by atoms with Crippen molar-refractivity contribution in [2.75, 3.05) is 6.54 Å². The third-order valence-corrected chi connectivity index (χ3v) is 4.87. The number of amides is 1. The molecule has 0 radical (unpaired) electrons. The highest BCUT2D eigenvalue weighted by atomic mass is 16.3. The van der Waals surface area contributed by atoms with Gasteiger partial charge in [0, 0.05) is 0 Å². The van der Waals surface area contributed by atoms with Gasteiger partial charge in [-0.3, -0.25) is 4.79 Å². The summed E-state index contributed by atoms with van der Waals surface area (Å²) in [5.74, 6) is -0.137. The van der Waals surface area contributed by atoms with Gasteiger partial charge in [-0.1, -0.05) is 48.5 Å². The molecule has 0 saturated heterocycles. The van der Waals surface area contributed by atoms with E-state index in [0.29, 0.717) is 12.8 Å². The maximum absolute atomic E-state index is 12.4. The van der Waals surface area contributed by atoms with E-state index in [9.17, 15) is 9.90 Å². The fraction of sp³-hybridized carbons (Fsp3) is 0.333. The molecule has 0 fully saturated rings. The summed E-state index contributed by atoms with van der Waals surface area (Å²) in [5.41, 5.74) is 2.81. The molecule has 4 heteroatoms. The quantitative estimate of drug-likeness (QED) is 0.883. The van der Waals surface area contributed by atoms with Gasteiger partial charge in [-0.05, 0) is 41.5 Å². The first-order chi connectivity index (χ1) is 12.1. The highest BCUT2D eigenvalue weighted by Crippen LogP contribution is 2.34. The van der Waals surface area contributed by atoms with Gasteiger partial charge in [0.2, 0.25) is 5.91 Å². The molecule has 2 aromatic carbocycles. The summed E-state index contributed by atoms with van der Waals surface area (Å²) in [7, 11) is 0. The number of nitrogens with one attached hydrogen (secondary N) is 1. The average molecular weight is 334 g/mol. The van der Waals surface area contributed by atoms with Crippen LogP contribution in [0.5, 0.6) is 0 Å². The lowest BCUT2D eigenvalue weighted by molar-refractivity contribution is -0.122. The zero-order chi connectivity index (χ0) is 17.7. The van der Waals surface area contributed by atoms with Crippen molar-refractivity contribution in [2.45, 2.75) is 37.7 Å². The number of fused-ring (bicyclic) bond motifs is 1. The van der Waals surface area contributed by atoms with Gasteiger partial charge in [0.25, 0.3) is 0 Å². The van der Waals surface area contributed by atoms with Crippen LogP contribution in [0.3, 0.4) is 0 Å². The zero-order valence-electron chi connectivity index (χ0n) is 14.2. The third-order valence-electron chi connectivity index (χ3n) is 4.87. The molecule has 25 heavy (non-hydrogen) atoms. The van der Waals surface area contributed by atoms with Gasteiger partial charge in [-0.15, -0.1) is 0 Å². The van der Waals surface area contributed by atoms with Crippen molar-refractivity contribution in [2.24, 2.45) is 0 Å². The Bertz CT molecular complexity index is 810. The Balaban J connectivity index is 1.67. The van der Waals surface area contributed by atoms with Gasteiger partial charge < -0.3 is 10.4 Å². The molecule has 1 amide bonds. The minimum absolute atomic E-state index is 0.137. The maximum atomic E-state index is 12.4. The van der Waals surface area contributed by atoms with Gasteiger partial charge in [0.05, 0.1) is 25.5 Å². The average Bonchev–Trinajstić information content (AvgIpc) is 2.63. The molecule has 2 N–H and O–H groups in total. The number of aryl methyl sites for hydroxylation is 1. The minimum Gasteiger partial charge on any atom is -0.383 e. The normalized spacial score (nSPS) is 18.9. The van der Waals surface area contributed by atoms with Crippen molar-refractivity contribution in [3.05, 3.63) is 70.8 Å². The number of nitriles is 1. The molecule has 0 heterocycles. The first-order valence-electron chi connectivity index (χ1n) is 8.63. The van der Waals surface area contributed by atoms with E-state index in [2.05, 4.69) is 11.4 Å². The lowest BCUT2D eigenvalue weighted by atomic mass is 9.79. The molecule has 3 rings (SSSR count). The zero-order valence-corrected chi connectivity index (χ0v) is 14.2. The summed E-state index contributed by atoms with van der Waals surface area (Å²) in [6.07, 6.45) is 3.04. The number of rotatable bonds is 5. The Labute approximate surface area is 148 Å². The van der Waals surface area contributed by atoms with Crippen molar-refractivity contribution in [1.29, 1.82) is 5.26 Å². The van der Waals surface area contributed by atoms with E-state index < -0.39 is 5.60 Å². The second kappa shape index (κ2) is 7.50. The Hall–Kier alpha value is -2.64. The van der Waals surface area contributed by atoms with E-state index in [1.165, 1.54) is 0 Å². The molecule has 0 bridgehead atoms. The topological polar surface area (TPSA) is 73.1 Å². The van der Waals surface area contributed by atoms with E-state index in [4.69, 9.17) is 5.26 Å². The number of hydrogen-bond acceptors (Lipinski definition) is 3. The van der Waals surface area contributed by atoms with Gasteiger partial charge >= 0.3 is 0 Å². The second-order valence-electron chi connectivity index (χ2n) is 6.60. The Morgan fingerprint density at radius 2 is 1.88 bits per heavy atom. The molecular formula is C21H22N2O2. The van der Waals surface area contributed by atoms with Crippen LogP contribution in [0.25, 0.3) is 0 Å².